The molecule has 0 unspecified atom stereocenters. The second-order valence-electron chi connectivity index (χ2n) is 3.63. The van der Waals surface area contributed by atoms with Crippen LogP contribution in [0.4, 0.5) is 0 Å². The lowest BCUT2D eigenvalue weighted by Crippen LogP contribution is -2.16. The van der Waals surface area contributed by atoms with Crippen LogP contribution >= 0.6 is 11.8 Å². The van der Waals surface area contributed by atoms with Crippen LogP contribution in [-0.2, 0) is 0 Å². The molecule has 0 radical (unpaired) electrons. The zero-order chi connectivity index (χ0) is 11.7. The van der Waals surface area contributed by atoms with Crippen molar-refractivity contribution in [3.8, 4) is 5.75 Å². The number of rotatable bonds is 2. The summed E-state index contributed by atoms with van der Waals surface area (Å²) >= 11 is 1.47. The molecule has 3 nitrogen and oxygen atoms in total. The van der Waals surface area contributed by atoms with E-state index in [0.29, 0.717) is 29.9 Å². The molecule has 2 rings (SSSR count). The number of fused-ring (bicyclic) bond motifs is 1. The first-order valence-electron chi connectivity index (χ1n) is 5.02. The number of benzene rings is 1. The number of carbonyl (C=O) groups is 2. The molecule has 0 spiro atoms. The number of Topliss-reactive ketones (excluding diaryl/α,β-unsaturated/α-hetero) is 2. The summed E-state index contributed by atoms with van der Waals surface area (Å²) in [7, 11) is 0. The van der Waals surface area contributed by atoms with Gasteiger partial charge in [0.2, 0.25) is 0 Å². The Labute approximate surface area is 98.2 Å². The van der Waals surface area contributed by atoms with Crippen LogP contribution in [0.1, 0.15) is 34.1 Å². The van der Waals surface area contributed by atoms with Crippen LogP contribution in [0.5, 0.6) is 5.75 Å². The molecule has 0 aromatic heterocycles. The Morgan fingerprint density at radius 2 is 2.19 bits per heavy atom. The van der Waals surface area contributed by atoms with E-state index in [2.05, 4.69) is 0 Å². The van der Waals surface area contributed by atoms with Gasteiger partial charge in [-0.05, 0) is 25.3 Å². The number of carbonyl (C=O) groups excluding carboxylic acids is 2. The summed E-state index contributed by atoms with van der Waals surface area (Å²) in [5, 5.41) is 0. The Hall–Kier alpha value is -1.29. The minimum Gasteiger partial charge on any atom is -0.492 e. The van der Waals surface area contributed by atoms with E-state index in [0.717, 1.165) is 4.90 Å². The summed E-state index contributed by atoms with van der Waals surface area (Å²) in [4.78, 5) is 23.9. The largest absolute Gasteiger partial charge is 0.492 e. The Morgan fingerprint density at radius 3 is 2.81 bits per heavy atom. The van der Waals surface area contributed by atoms with Gasteiger partial charge in [-0.3, -0.25) is 9.59 Å². The van der Waals surface area contributed by atoms with Crippen molar-refractivity contribution in [2.75, 3.05) is 12.9 Å². The molecule has 0 aliphatic carbocycles. The van der Waals surface area contributed by atoms with Gasteiger partial charge in [0.05, 0.1) is 12.2 Å². The quantitative estimate of drug-likeness (QED) is 0.584. The summed E-state index contributed by atoms with van der Waals surface area (Å²) in [6, 6.07) is 3.44. The monoisotopic (exact) mass is 236 g/mol. The molecule has 1 aromatic rings. The van der Waals surface area contributed by atoms with Crippen molar-refractivity contribution in [3.05, 3.63) is 23.3 Å². The van der Waals surface area contributed by atoms with Gasteiger partial charge in [0, 0.05) is 16.9 Å². The van der Waals surface area contributed by atoms with Crippen molar-refractivity contribution < 1.29 is 14.3 Å². The normalized spacial score (nSPS) is 14.2. The lowest BCUT2D eigenvalue weighted by molar-refractivity contribution is 0.0929. The second kappa shape index (κ2) is 4.29. The van der Waals surface area contributed by atoms with Crippen molar-refractivity contribution in [2.24, 2.45) is 0 Å². The molecule has 0 atom stereocenters. The number of hydrogen-bond donors (Lipinski definition) is 0. The third-order valence-corrected chi connectivity index (χ3v) is 3.35. The van der Waals surface area contributed by atoms with Gasteiger partial charge in [-0.15, -0.1) is 11.8 Å². The lowest BCUT2D eigenvalue weighted by atomic mass is 10.0. The molecule has 4 heteroatoms. The van der Waals surface area contributed by atoms with Crippen LogP contribution in [0.2, 0.25) is 0 Å². The minimum atomic E-state index is -0.00577. The maximum absolute atomic E-state index is 11.7. The van der Waals surface area contributed by atoms with Gasteiger partial charge in [-0.1, -0.05) is 0 Å². The molecule has 1 aromatic carbocycles. The molecule has 84 valence electrons. The highest BCUT2D eigenvalue weighted by molar-refractivity contribution is 7.98. The van der Waals surface area contributed by atoms with Gasteiger partial charge >= 0.3 is 0 Å². The number of ketones is 2. The van der Waals surface area contributed by atoms with E-state index >= 15 is 0 Å². The molecular weight excluding hydrogens is 224 g/mol. The summed E-state index contributed by atoms with van der Waals surface area (Å²) < 4.78 is 5.40. The first-order valence-corrected chi connectivity index (χ1v) is 6.25. The molecule has 1 heterocycles. The smallest absolute Gasteiger partial charge is 0.170 e. The van der Waals surface area contributed by atoms with Gasteiger partial charge in [-0.2, -0.15) is 0 Å². The van der Waals surface area contributed by atoms with Crippen molar-refractivity contribution >= 4 is 23.3 Å². The molecular formula is C12H12O3S. The molecule has 0 saturated heterocycles. The van der Waals surface area contributed by atoms with E-state index in [1.807, 2.05) is 6.26 Å². The zero-order valence-electron chi connectivity index (χ0n) is 9.20. The van der Waals surface area contributed by atoms with Crippen LogP contribution in [0.15, 0.2) is 17.0 Å². The molecule has 0 bridgehead atoms. The van der Waals surface area contributed by atoms with Crippen molar-refractivity contribution in [1.29, 1.82) is 0 Å². The predicted octanol–water partition coefficient (Wildman–Crippen LogP) is 2.58. The average molecular weight is 236 g/mol. The summed E-state index contributed by atoms with van der Waals surface area (Å²) in [5.41, 5.74) is 1.22. The Bertz CT molecular complexity index is 450. The molecule has 16 heavy (non-hydrogen) atoms. The van der Waals surface area contributed by atoms with E-state index in [1.165, 1.54) is 18.7 Å². The van der Waals surface area contributed by atoms with E-state index in [9.17, 15) is 9.59 Å². The number of hydrogen-bond acceptors (Lipinski definition) is 4. The van der Waals surface area contributed by atoms with E-state index in [-0.39, 0.29) is 11.6 Å². The van der Waals surface area contributed by atoms with Crippen LogP contribution in [0, 0.1) is 0 Å². The first-order chi connectivity index (χ1) is 7.63. The maximum Gasteiger partial charge on any atom is 0.170 e. The van der Waals surface area contributed by atoms with Crippen molar-refractivity contribution in [1.82, 2.24) is 0 Å². The van der Waals surface area contributed by atoms with Crippen LogP contribution in [-0.4, -0.2) is 24.4 Å². The second-order valence-corrected chi connectivity index (χ2v) is 4.47. The summed E-state index contributed by atoms with van der Waals surface area (Å²) in [6.07, 6.45) is 2.31. The Balaban J connectivity index is 2.59. The Kier molecular flexibility index (Phi) is 3.01. The first kappa shape index (κ1) is 11.2. The fourth-order valence-electron chi connectivity index (χ4n) is 1.73. The van der Waals surface area contributed by atoms with E-state index in [1.54, 1.807) is 12.1 Å². The third-order valence-electron chi connectivity index (χ3n) is 2.57. The van der Waals surface area contributed by atoms with Crippen molar-refractivity contribution in [2.45, 2.75) is 18.2 Å². The van der Waals surface area contributed by atoms with Gasteiger partial charge in [0.15, 0.2) is 11.6 Å². The van der Waals surface area contributed by atoms with Gasteiger partial charge in [-0.25, -0.2) is 0 Å². The van der Waals surface area contributed by atoms with Gasteiger partial charge < -0.3 is 4.74 Å². The van der Waals surface area contributed by atoms with Crippen molar-refractivity contribution in [3.63, 3.8) is 0 Å². The molecule has 0 saturated carbocycles. The van der Waals surface area contributed by atoms with Crippen LogP contribution in [0.25, 0.3) is 0 Å². The zero-order valence-corrected chi connectivity index (χ0v) is 10.0. The fourth-order valence-corrected chi connectivity index (χ4v) is 2.39. The Morgan fingerprint density at radius 1 is 1.44 bits per heavy atom. The molecule has 1 aliphatic rings. The van der Waals surface area contributed by atoms with Gasteiger partial charge in [0.1, 0.15) is 5.75 Å². The maximum atomic E-state index is 11.7. The molecule has 1 aliphatic heterocycles. The number of thioether (sulfide) groups is 1. The SMILES string of the molecule is CSc1cc2c(cc1C(C)=O)OCCC2=O. The molecule has 0 N–H and O–H groups in total. The third kappa shape index (κ3) is 1.85. The van der Waals surface area contributed by atoms with E-state index in [4.69, 9.17) is 4.74 Å². The number of ether oxygens (including phenoxy) is 1. The molecule has 0 fully saturated rings. The fraction of sp³-hybridized carbons (Fsp3) is 0.333. The molecule has 0 amide bonds. The predicted molar refractivity (Wildman–Crippen MR) is 62.7 cm³/mol. The average Bonchev–Trinajstić information content (AvgIpc) is 2.28. The topological polar surface area (TPSA) is 43.4 Å². The summed E-state index contributed by atoms with van der Waals surface area (Å²) in [6.45, 7) is 1.92. The standard InChI is InChI=1S/C12H12O3S/c1-7(13)8-5-11-9(6-12(8)16-2)10(14)3-4-15-11/h5-6H,3-4H2,1-2H3. The van der Waals surface area contributed by atoms with Crippen LogP contribution in [0.3, 0.4) is 0 Å². The van der Waals surface area contributed by atoms with Gasteiger partial charge in [0.25, 0.3) is 0 Å². The lowest BCUT2D eigenvalue weighted by Gasteiger charge is -2.18. The minimum absolute atomic E-state index is 0.00577. The highest BCUT2D eigenvalue weighted by atomic mass is 32.2. The van der Waals surface area contributed by atoms with E-state index < -0.39 is 0 Å². The highest BCUT2D eigenvalue weighted by Gasteiger charge is 2.21. The highest BCUT2D eigenvalue weighted by Crippen LogP contribution is 2.32. The van der Waals surface area contributed by atoms with Crippen LogP contribution < -0.4 is 4.74 Å². The summed E-state index contributed by atoms with van der Waals surface area (Å²) in [5.74, 6) is 0.625.